The first-order valence-corrected chi connectivity index (χ1v) is 8.29. The van der Waals surface area contributed by atoms with E-state index in [1.54, 1.807) is 12.1 Å². The van der Waals surface area contributed by atoms with Gasteiger partial charge in [0.25, 0.3) is 0 Å². The summed E-state index contributed by atoms with van der Waals surface area (Å²) in [6, 6.07) is 6.07. The molecule has 6 heteroatoms. The van der Waals surface area contributed by atoms with E-state index in [1.807, 2.05) is 0 Å². The van der Waals surface area contributed by atoms with Gasteiger partial charge in [-0.2, -0.15) is 0 Å². The zero-order valence-electron chi connectivity index (χ0n) is 14.0. The van der Waals surface area contributed by atoms with Crippen molar-refractivity contribution >= 4 is 19.1 Å². The number of unbranched alkanes of at least 4 members (excludes halogenated alkanes) is 3. The van der Waals surface area contributed by atoms with Crippen molar-refractivity contribution in [2.75, 3.05) is 19.6 Å². The number of hydrogen-bond donors (Lipinski definition) is 3. The Bertz CT molecular complexity index is 479. The van der Waals surface area contributed by atoms with Crippen molar-refractivity contribution in [3.63, 3.8) is 0 Å². The molecule has 0 atom stereocenters. The van der Waals surface area contributed by atoms with E-state index in [2.05, 4.69) is 30.4 Å². The van der Waals surface area contributed by atoms with Gasteiger partial charge in [0.2, 0.25) is 0 Å². The Labute approximate surface area is 139 Å². The zero-order valence-corrected chi connectivity index (χ0v) is 14.0. The van der Waals surface area contributed by atoms with Crippen molar-refractivity contribution in [3.8, 4) is 0 Å². The molecule has 1 aromatic rings. The molecule has 0 unspecified atom stereocenters. The van der Waals surface area contributed by atoms with Gasteiger partial charge >= 0.3 is 139 Å². The van der Waals surface area contributed by atoms with Crippen LogP contribution in [0.1, 0.15) is 38.2 Å². The fourth-order valence-electron chi connectivity index (χ4n) is 2.10. The second kappa shape index (κ2) is 11.7. The summed E-state index contributed by atoms with van der Waals surface area (Å²) in [6.45, 7) is 4.00. The Morgan fingerprint density at radius 1 is 1.04 bits per heavy atom. The van der Waals surface area contributed by atoms with Crippen LogP contribution in [0.25, 0.3) is 0 Å². The summed E-state index contributed by atoms with van der Waals surface area (Å²) < 4.78 is 12.8. The first kappa shape index (κ1) is 19.2. The van der Waals surface area contributed by atoms with Crippen LogP contribution in [0.3, 0.4) is 0 Å². The quantitative estimate of drug-likeness (QED) is 0.431. The summed E-state index contributed by atoms with van der Waals surface area (Å²) in [4.78, 5) is 11.7. The van der Waals surface area contributed by atoms with Crippen molar-refractivity contribution in [3.05, 3.63) is 35.6 Å². The standard InChI is InChI=1S/C17H27BFN3O/c1-2-3-4-5-11-20-16(18)13-22-17(23)21-12-10-14-6-8-15(19)9-7-14/h6-9,18,20H,2-5,10-13H2,1H3,(H2,21,22,23). The summed E-state index contributed by atoms with van der Waals surface area (Å²) in [6.07, 6.45) is 5.48. The van der Waals surface area contributed by atoms with E-state index in [0.29, 0.717) is 19.5 Å². The molecule has 23 heavy (non-hydrogen) atoms. The minimum atomic E-state index is -0.250. The molecule has 0 aliphatic rings. The topological polar surface area (TPSA) is 53.2 Å². The zero-order chi connectivity index (χ0) is 16.9. The molecule has 0 aliphatic heterocycles. The van der Waals surface area contributed by atoms with Crippen molar-refractivity contribution in [1.29, 1.82) is 0 Å². The molecule has 0 aliphatic carbocycles. The Hall–Kier alpha value is -1.85. The number of rotatable bonds is 11. The van der Waals surface area contributed by atoms with E-state index in [-0.39, 0.29) is 11.8 Å². The van der Waals surface area contributed by atoms with Crippen molar-refractivity contribution in [1.82, 2.24) is 16.0 Å². The Balaban J connectivity index is 2.05. The number of amides is 2. The van der Waals surface area contributed by atoms with Gasteiger partial charge in [-0.1, -0.05) is 0 Å². The van der Waals surface area contributed by atoms with Crippen LogP contribution in [0.4, 0.5) is 9.18 Å². The van der Waals surface area contributed by atoms with Gasteiger partial charge < -0.3 is 0 Å². The van der Waals surface area contributed by atoms with Crippen molar-refractivity contribution in [2.24, 2.45) is 0 Å². The molecule has 3 N–H and O–H groups in total. The monoisotopic (exact) mass is 319 g/mol. The van der Waals surface area contributed by atoms with E-state index >= 15 is 0 Å². The van der Waals surface area contributed by atoms with E-state index < -0.39 is 0 Å². The second-order valence-electron chi connectivity index (χ2n) is 5.58. The van der Waals surface area contributed by atoms with Crippen LogP contribution in [0, 0.1) is 5.82 Å². The van der Waals surface area contributed by atoms with Crippen LogP contribution in [0.2, 0.25) is 0 Å². The van der Waals surface area contributed by atoms with Crippen molar-refractivity contribution in [2.45, 2.75) is 39.0 Å². The number of halogens is 1. The third-order valence-electron chi connectivity index (χ3n) is 3.48. The van der Waals surface area contributed by atoms with Gasteiger partial charge in [0, 0.05) is 0 Å². The molecule has 1 aromatic carbocycles. The first-order valence-electron chi connectivity index (χ1n) is 8.29. The maximum absolute atomic E-state index is 12.8. The fourth-order valence-corrected chi connectivity index (χ4v) is 2.10. The third-order valence-corrected chi connectivity index (χ3v) is 3.48. The normalized spacial score (nSPS) is 10.1. The summed E-state index contributed by atoms with van der Waals surface area (Å²) in [5.41, 5.74) is 1.81. The van der Waals surface area contributed by atoms with E-state index in [9.17, 15) is 9.18 Å². The average molecular weight is 319 g/mol. The van der Waals surface area contributed by atoms with Gasteiger partial charge in [0.1, 0.15) is 0 Å². The SMILES string of the molecule is B=C(CNC(=O)NCCc1ccc(F)cc1)NCCCCCC. The number of nitrogens with one attached hydrogen (secondary N) is 3. The van der Waals surface area contributed by atoms with E-state index in [4.69, 9.17) is 0 Å². The molecular weight excluding hydrogens is 292 g/mol. The molecule has 0 fully saturated rings. The maximum atomic E-state index is 12.8. The van der Waals surface area contributed by atoms with Gasteiger partial charge in [0.05, 0.1) is 0 Å². The molecule has 0 radical (unpaired) electrons. The van der Waals surface area contributed by atoms with Crippen LogP contribution in [-0.2, 0) is 6.42 Å². The predicted octanol–water partition coefficient (Wildman–Crippen LogP) is 1.87. The number of urea groups is 1. The van der Waals surface area contributed by atoms with Crippen LogP contribution in [0.15, 0.2) is 24.3 Å². The molecule has 0 spiro atoms. The second-order valence-corrected chi connectivity index (χ2v) is 5.58. The molecular formula is C17H27BFN3O. The molecule has 0 saturated heterocycles. The van der Waals surface area contributed by atoms with Crippen molar-refractivity contribution < 1.29 is 9.18 Å². The minimum absolute atomic E-state index is 0.221. The van der Waals surface area contributed by atoms with Crippen LogP contribution in [0.5, 0.6) is 0 Å². The number of hydrogen-bond acceptors (Lipinski definition) is 2. The summed E-state index contributed by atoms with van der Waals surface area (Å²) in [5.74, 6) is -0.250. The number of carbonyl (C=O) groups excluding carboxylic acids is 1. The Morgan fingerprint density at radius 2 is 1.78 bits per heavy atom. The van der Waals surface area contributed by atoms with Gasteiger partial charge in [-0.3, -0.25) is 0 Å². The van der Waals surface area contributed by atoms with E-state index in [0.717, 1.165) is 24.1 Å². The first-order chi connectivity index (χ1) is 11.1. The Morgan fingerprint density at radius 3 is 2.48 bits per heavy atom. The van der Waals surface area contributed by atoms with Gasteiger partial charge in [0.15, 0.2) is 0 Å². The molecule has 2 amide bonds. The summed E-state index contributed by atoms with van der Waals surface area (Å²) in [7, 11) is 3.89. The van der Waals surface area contributed by atoms with Crippen LogP contribution in [-0.4, -0.2) is 38.7 Å². The predicted molar refractivity (Wildman–Crippen MR) is 95.8 cm³/mol. The molecule has 1 rings (SSSR count). The Kier molecular flexibility index (Phi) is 9.76. The molecule has 0 heterocycles. The van der Waals surface area contributed by atoms with E-state index in [1.165, 1.54) is 31.4 Å². The molecule has 126 valence electrons. The van der Waals surface area contributed by atoms with Gasteiger partial charge in [-0.15, -0.1) is 0 Å². The summed E-state index contributed by atoms with van der Waals surface area (Å²) >= 11 is 0. The molecule has 0 saturated carbocycles. The average Bonchev–Trinajstić information content (AvgIpc) is 2.54. The molecule has 0 aromatic heterocycles. The summed E-state index contributed by atoms with van der Waals surface area (Å²) in [5, 5.41) is 8.74. The number of benzene rings is 1. The van der Waals surface area contributed by atoms with Gasteiger partial charge in [-0.05, 0) is 0 Å². The number of carbonyl (C=O) groups is 1. The van der Waals surface area contributed by atoms with Crippen LogP contribution >= 0.6 is 0 Å². The fraction of sp³-hybridized carbons (Fsp3) is 0.529. The molecule has 4 nitrogen and oxygen atoms in total. The van der Waals surface area contributed by atoms with Crippen LogP contribution < -0.4 is 16.0 Å². The molecule has 0 bridgehead atoms. The van der Waals surface area contributed by atoms with Gasteiger partial charge in [-0.25, -0.2) is 0 Å². The third kappa shape index (κ3) is 9.71.